The molecule has 0 unspecified atom stereocenters. The molecule has 0 heterocycles. The van der Waals surface area contributed by atoms with Crippen molar-refractivity contribution in [2.24, 2.45) is 0 Å². The van der Waals surface area contributed by atoms with E-state index in [1.807, 2.05) is 12.1 Å². The van der Waals surface area contributed by atoms with Crippen molar-refractivity contribution in [2.45, 2.75) is 6.54 Å². The number of nitrogens with two attached hydrogens (primary N) is 4. The van der Waals surface area contributed by atoms with Crippen LogP contribution in [0, 0.1) is 0 Å². The minimum atomic E-state index is 0.561. The van der Waals surface area contributed by atoms with E-state index in [9.17, 15) is 0 Å². The molecule has 0 radical (unpaired) electrons. The molecule has 2 aromatic carbocycles. The van der Waals surface area contributed by atoms with Crippen LogP contribution in [-0.2, 0) is 6.54 Å². The molecule has 0 aliphatic rings. The van der Waals surface area contributed by atoms with E-state index in [0.717, 1.165) is 11.3 Å². The van der Waals surface area contributed by atoms with Gasteiger partial charge >= 0.3 is 0 Å². The first-order valence-electron chi connectivity index (χ1n) is 5.59. The fourth-order valence-corrected chi connectivity index (χ4v) is 1.71. The zero-order valence-electron chi connectivity index (χ0n) is 9.98. The number of benzene rings is 2. The van der Waals surface area contributed by atoms with E-state index in [1.54, 1.807) is 24.3 Å². The van der Waals surface area contributed by atoms with Crippen LogP contribution < -0.4 is 28.3 Å². The number of hydrogen-bond acceptors (Lipinski definition) is 5. The summed E-state index contributed by atoms with van der Waals surface area (Å²) in [6.07, 6.45) is 0. The molecule has 5 nitrogen and oxygen atoms in total. The second-order valence-electron chi connectivity index (χ2n) is 4.16. The van der Waals surface area contributed by atoms with Gasteiger partial charge in [-0.2, -0.15) is 0 Å². The number of rotatable bonds is 3. The second-order valence-corrected chi connectivity index (χ2v) is 4.16. The van der Waals surface area contributed by atoms with E-state index in [-0.39, 0.29) is 0 Å². The first kappa shape index (κ1) is 11.9. The standard InChI is InChI=1S/C13H17N5/c14-9-1-3-11(16)8(5-9)7-18-13-4-2-10(15)6-12(13)17/h1-6,18H,7,14-17H2. The Morgan fingerprint density at radius 1 is 0.778 bits per heavy atom. The molecule has 0 saturated heterocycles. The minimum absolute atomic E-state index is 0.561. The van der Waals surface area contributed by atoms with Crippen LogP contribution in [0.5, 0.6) is 0 Å². The Morgan fingerprint density at radius 3 is 2.17 bits per heavy atom. The summed E-state index contributed by atoms with van der Waals surface area (Å²) in [4.78, 5) is 0. The van der Waals surface area contributed by atoms with Crippen molar-refractivity contribution in [3.8, 4) is 0 Å². The van der Waals surface area contributed by atoms with Crippen molar-refractivity contribution >= 4 is 28.4 Å². The molecule has 9 N–H and O–H groups in total. The van der Waals surface area contributed by atoms with E-state index in [0.29, 0.717) is 29.3 Å². The summed E-state index contributed by atoms with van der Waals surface area (Å²) < 4.78 is 0. The van der Waals surface area contributed by atoms with Gasteiger partial charge in [0.15, 0.2) is 0 Å². The maximum atomic E-state index is 5.87. The molecule has 5 heteroatoms. The van der Waals surface area contributed by atoms with Crippen molar-refractivity contribution in [1.82, 2.24) is 0 Å². The van der Waals surface area contributed by atoms with Crippen LogP contribution in [0.25, 0.3) is 0 Å². The first-order valence-corrected chi connectivity index (χ1v) is 5.59. The lowest BCUT2D eigenvalue weighted by Crippen LogP contribution is -2.06. The van der Waals surface area contributed by atoms with Crippen LogP contribution in [0.15, 0.2) is 36.4 Å². The molecule has 0 atom stereocenters. The van der Waals surface area contributed by atoms with Crippen LogP contribution in [0.1, 0.15) is 5.56 Å². The highest BCUT2D eigenvalue weighted by atomic mass is 14.9. The van der Waals surface area contributed by atoms with Crippen molar-refractivity contribution in [2.75, 3.05) is 28.3 Å². The zero-order valence-corrected chi connectivity index (χ0v) is 9.98. The third-order valence-electron chi connectivity index (χ3n) is 2.71. The van der Waals surface area contributed by atoms with Gasteiger partial charge in [-0.1, -0.05) is 0 Å². The number of nitrogen functional groups attached to an aromatic ring is 4. The quantitative estimate of drug-likeness (QED) is 0.525. The Morgan fingerprint density at radius 2 is 1.44 bits per heavy atom. The highest BCUT2D eigenvalue weighted by Crippen LogP contribution is 2.23. The Bertz CT molecular complexity index is 565. The molecule has 2 aromatic rings. The SMILES string of the molecule is Nc1ccc(NCc2cc(N)ccc2N)c(N)c1. The molecule has 0 amide bonds. The third-order valence-corrected chi connectivity index (χ3v) is 2.71. The Kier molecular flexibility index (Phi) is 3.14. The molecule has 0 aliphatic heterocycles. The molecular weight excluding hydrogens is 226 g/mol. The summed E-state index contributed by atoms with van der Waals surface area (Å²) >= 11 is 0. The fourth-order valence-electron chi connectivity index (χ4n) is 1.71. The summed E-state index contributed by atoms with van der Waals surface area (Å²) in [5.74, 6) is 0. The third kappa shape index (κ3) is 2.57. The predicted molar refractivity (Wildman–Crippen MR) is 77.9 cm³/mol. The molecule has 94 valence electrons. The summed E-state index contributed by atoms with van der Waals surface area (Å²) in [5.41, 5.74) is 27.5. The number of hydrogen-bond donors (Lipinski definition) is 5. The molecule has 0 fully saturated rings. The second kappa shape index (κ2) is 4.75. The zero-order chi connectivity index (χ0) is 13.1. The summed E-state index contributed by atoms with van der Waals surface area (Å²) in [7, 11) is 0. The maximum absolute atomic E-state index is 5.87. The number of nitrogens with one attached hydrogen (secondary N) is 1. The van der Waals surface area contributed by atoms with Gasteiger partial charge in [0.2, 0.25) is 0 Å². The van der Waals surface area contributed by atoms with Gasteiger partial charge < -0.3 is 28.3 Å². The molecule has 0 bridgehead atoms. The van der Waals surface area contributed by atoms with Crippen molar-refractivity contribution in [3.05, 3.63) is 42.0 Å². The summed E-state index contributed by atoms with van der Waals surface area (Å²) in [5, 5.41) is 3.21. The van der Waals surface area contributed by atoms with E-state index >= 15 is 0 Å². The monoisotopic (exact) mass is 243 g/mol. The topological polar surface area (TPSA) is 116 Å². The molecule has 0 aromatic heterocycles. The summed E-state index contributed by atoms with van der Waals surface area (Å²) in [6, 6.07) is 10.8. The van der Waals surface area contributed by atoms with Gasteiger partial charge in [-0.3, -0.25) is 0 Å². The Hall–Kier alpha value is -2.56. The summed E-state index contributed by atoms with van der Waals surface area (Å²) in [6.45, 7) is 0.561. The lowest BCUT2D eigenvalue weighted by molar-refractivity contribution is 1.16. The molecule has 0 saturated carbocycles. The largest absolute Gasteiger partial charge is 0.399 e. The fraction of sp³-hybridized carbons (Fsp3) is 0.0769. The Balaban J connectivity index is 2.13. The average Bonchev–Trinajstić information content (AvgIpc) is 2.32. The number of anilines is 5. The van der Waals surface area contributed by atoms with Gasteiger partial charge in [-0.25, -0.2) is 0 Å². The van der Waals surface area contributed by atoms with Crippen LogP contribution >= 0.6 is 0 Å². The molecule has 0 aliphatic carbocycles. The van der Waals surface area contributed by atoms with Gasteiger partial charge in [0, 0.05) is 23.6 Å². The molecule has 0 spiro atoms. The van der Waals surface area contributed by atoms with Crippen molar-refractivity contribution in [3.63, 3.8) is 0 Å². The highest BCUT2D eigenvalue weighted by molar-refractivity contribution is 5.71. The predicted octanol–water partition coefficient (Wildman–Crippen LogP) is 1.63. The average molecular weight is 243 g/mol. The van der Waals surface area contributed by atoms with E-state index in [1.165, 1.54) is 0 Å². The molecular formula is C13H17N5. The highest BCUT2D eigenvalue weighted by Gasteiger charge is 2.02. The van der Waals surface area contributed by atoms with E-state index < -0.39 is 0 Å². The minimum Gasteiger partial charge on any atom is -0.399 e. The van der Waals surface area contributed by atoms with Gasteiger partial charge in [0.1, 0.15) is 0 Å². The maximum Gasteiger partial charge on any atom is 0.0578 e. The van der Waals surface area contributed by atoms with Gasteiger partial charge in [-0.05, 0) is 42.0 Å². The van der Waals surface area contributed by atoms with Crippen molar-refractivity contribution < 1.29 is 0 Å². The van der Waals surface area contributed by atoms with Gasteiger partial charge in [0.25, 0.3) is 0 Å². The van der Waals surface area contributed by atoms with Gasteiger partial charge in [0.05, 0.1) is 11.4 Å². The smallest absolute Gasteiger partial charge is 0.0578 e. The van der Waals surface area contributed by atoms with Crippen LogP contribution in [0.4, 0.5) is 28.4 Å². The van der Waals surface area contributed by atoms with Gasteiger partial charge in [-0.15, -0.1) is 0 Å². The van der Waals surface area contributed by atoms with Crippen LogP contribution in [-0.4, -0.2) is 0 Å². The first-order chi connectivity index (χ1) is 8.56. The normalized spacial score (nSPS) is 10.2. The van der Waals surface area contributed by atoms with E-state index in [4.69, 9.17) is 22.9 Å². The molecule has 2 rings (SSSR count). The molecule has 18 heavy (non-hydrogen) atoms. The van der Waals surface area contributed by atoms with Crippen LogP contribution in [0.2, 0.25) is 0 Å². The Labute approximate surface area is 106 Å². The lowest BCUT2D eigenvalue weighted by Gasteiger charge is -2.12. The van der Waals surface area contributed by atoms with Crippen molar-refractivity contribution in [1.29, 1.82) is 0 Å². The van der Waals surface area contributed by atoms with E-state index in [2.05, 4.69) is 5.32 Å². The van der Waals surface area contributed by atoms with Crippen LogP contribution in [0.3, 0.4) is 0 Å². The lowest BCUT2D eigenvalue weighted by atomic mass is 10.1.